The zero-order valence-corrected chi connectivity index (χ0v) is 19.1. The first-order valence-electron chi connectivity index (χ1n) is 11.1. The van der Waals surface area contributed by atoms with Gasteiger partial charge in [0.25, 0.3) is 0 Å². The Morgan fingerprint density at radius 3 is 2.10 bits per heavy atom. The van der Waals surface area contributed by atoms with Crippen LogP contribution in [0.4, 0.5) is 0 Å². The van der Waals surface area contributed by atoms with E-state index in [-0.39, 0.29) is 6.61 Å². The van der Waals surface area contributed by atoms with E-state index >= 15 is 0 Å². The van der Waals surface area contributed by atoms with Gasteiger partial charge in [-0.1, -0.05) is 76.5 Å². The van der Waals surface area contributed by atoms with Crippen molar-refractivity contribution in [2.45, 2.75) is 70.8 Å². The largest absolute Gasteiger partial charge is 0.491 e. The van der Waals surface area contributed by atoms with Crippen LogP contribution in [0.5, 0.6) is 5.75 Å². The summed E-state index contributed by atoms with van der Waals surface area (Å²) in [5.74, 6) is 0.802. The third-order valence-electron chi connectivity index (χ3n) is 4.58. The van der Waals surface area contributed by atoms with Crippen LogP contribution in [0.1, 0.15) is 64.7 Å². The maximum atomic E-state index is 11.2. The number of hydrogen-bond acceptors (Lipinski definition) is 5. The summed E-state index contributed by atoms with van der Waals surface area (Å²) in [5, 5.41) is 0. The summed E-state index contributed by atoms with van der Waals surface area (Å²) in [6.07, 6.45) is 9.32. The Labute approximate surface area is 181 Å². The highest BCUT2D eigenvalue weighted by Crippen LogP contribution is 2.38. The maximum Gasteiger partial charge on any atom is 0.469 e. The number of hydrogen-bond donors (Lipinski definition) is 2. The maximum absolute atomic E-state index is 11.2. The van der Waals surface area contributed by atoms with E-state index in [9.17, 15) is 4.57 Å². The molecule has 0 aromatic heterocycles. The highest BCUT2D eigenvalue weighted by Gasteiger charge is 2.22. The van der Waals surface area contributed by atoms with Crippen molar-refractivity contribution in [2.75, 3.05) is 33.0 Å². The predicted octanol–water partition coefficient (Wildman–Crippen LogP) is 5.11. The molecule has 1 rings (SSSR count). The number of ether oxygens (including phenoxy) is 3. The molecule has 0 saturated heterocycles. The van der Waals surface area contributed by atoms with Crippen molar-refractivity contribution in [3.63, 3.8) is 0 Å². The first-order valence-corrected chi connectivity index (χ1v) is 12.6. The Hall–Kier alpha value is -0.950. The predicted molar refractivity (Wildman–Crippen MR) is 118 cm³/mol. The molecule has 0 aliphatic heterocycles. The molecule has 1 unspecified atom stereocenters. The van der Waals surface area contributed by atoms with Crippen molar-refractivity contribution in [1.29, 1.82) is 0 Å². The fourth-order valence-corrected chi connectivity index (χ4v) is 3.59. The molecule has 0 saturated carbocycles. The fraction of sp³-hybridized carbons (Fsp3) is 0.727. The number of unbranched alkanes of at least 4 members (excludes halogenated alkanes) is 7. The molecule has 1 aromatic rings. The van der Waals surface area contributed by atoms with Gasteiger partial charge in [0.15, 0.2) is 0 Å². The standard InChI is InChI=1S/C22H39O7P/c1-2-3-4-5-6-7-8-10-15-22(29-30(23,24)25)20-27-17-16-26-18-19-28-21-13-11-9-12-14-21/h9,11-14,22H,2-8,10,15-20H2,1H3,(H2,23,24,25). The van der Waals surface area contributed by atoms with E-state index in [0.717, 1.165) is 25.0 Å². The Balaban J connectivity index is 2.06. The smallest absolute Gasteiger partial charge is 0.469 e. The Morgan fingerprint density at radius 2 is 1.43 bits per heavy atom. The molecule has 1 atom stereocenters. The van der Waals surface area contributed by atoms with Crippen molar-refractivity contribution in [3.8, 4) is 5.75 Å². The minimum Gasteiger partial charge on any atom is -0.491 e. The van der Waals surface area contributed by atoms with E-state index in [0.29, 0.717) is 32.8 Å². The molecule has 30 heavy (non-hydrogen) atoms. The van der Waals surface area contributed by atoms with Crippen LogP contribution < -0.4 is 4.74 Å². The van der Waals surface area contributed by atoms with Crippen LogP contribution in [0.15, 0.2) is 30.3 Å². The first-order chi connectivity index (χ1) is 14.5. The van der Waals surface area contributed by atoms with Gasteiger partial charge in [-0.3, -0.25) is 4.52 Å². The minimum atomic E-state index is -4.52. The Morgan fingerprint density at radius 1 is 0.833 bits per heavy atom. The van der Waals surface area contributed by atoms with Gasteiger partial charge in [0.2, 0.25) is 0 Å². The number of phosphoric ester groups is 1. The SMILES string of the molecule is CCCCCCCCCCC(COCCOCCOc1ccccc1)OP(=O)(O)O. The van der Waals surface area contributed by atoms with E-state index in [1.165, 1.54) is 32.1 Å². The summed E-state index contributed by atoms with van der Waals surface area (Å²) in [5.41, 5.74) is 0. The molecule has 0 fully saturated rings. The average molecular weight is 447 g/mol. The second-order valence-electron chi connectivity index (χ2n) is 7.33. The normalized spacial score (nSPS) is 12.8. The molecule has 7 nitrogen and oxygen atoms in total. The van der Waals surface area contributed by atoms with E-state index in [4.69, 9.17) is 28.5 Å². The van der Waals surface area contributed by atoms with Gasteiger partial charge in [0.1, 0.15) is 12.4 Å². The number of benzene rings is 1. The topological polar surface area (TPSA) is 94.5 Å². The van der Waals surface area contributed by atoms with Crippen LogP contribution in [0.2, 0.25) is 0 Å². The van der Waals surface area contributed by atoms with Gasteiger partial charge < -0.3 is 24.0 Å². The monoisotopic (exact) mass is 446 g/mol. The third-order valence-corrected chi connectivity index (χ3v) is 5.15. The second-order valence-corrected chi connectivity index (χ2v) is 8.52. The quantitative estimate of drug-likeness (QED) is 0.212. The highest BCUT2D eigenvalue weighted by atomic mass is 31.2. The van der Waals surface area contributed by atoms with Gasteiger partial charge in [-0.15, -0.1) is 0 Å². The van der Waals surface area contributed by atoms with Crippen molar-refractivity contribution < 1.29 is 33.1 Å². The zero-order valence-electron chi connectivity index (χ0n) is 18.2. The van der Waals surface area contributed by atoms with Crippen molar-refractivity contribution in [1.82, 2.24) is 0 Å². The molecular formula is C22H39O7P. The lowest BCUT2D eigenvalue weighted by Gasteiger charge is -2.18. The lowest BCUT2D eigenvalue weighted by Crippen LogP contribution is -2.21. The summed E-state index contributed by atoms with van der Waals surface area (Å²) in [6, 6.07) is 9.52. The number of rotatable bonds is 20. The summed E-state index contributed by atoms with van der Waals surface area (Å²) >= 11 is 0. The molecule has 1 aromatic carbocycles. The number of phosphoric acid groups is 1. The molecular weight excluding hydrogens is 407 g/mol. The van der Waals surface area contributed by atoms with Crippen LogP contribution in [0, 0.1) is 0 Å². The van der Waals surface area contributed by atoms with Crippen LogP contribution in [0.3, 0.4) is 0 Å². The molecule has 0 heterocycles. The van der Waals surface area contributed by atoms with Crippen LogP contribution in [-0.2, 0) is 18.6 Å². The molecule has 174 valence electrons. The Kier molecular flexibility index (Phi) is 16.0. The Bertz CT molecular complexity index is 550. The molecule has 2 N–H and O–H groups in total. The van der Waals surface area contributed by atoms with E-state index in [1.54, 1.807) is 0 Å². The molecule has 0 aliphatic carbocycles. The van der Waals surface area contributed by atoms with Gasteiger partial charge in [-0.2, -0.15) is 0 Å². The summed E-state index contributed by atoms with van der Waals surface area (Å²) in [7, 11) is -4.52. The van der Waals surface area contributed by atoms with E-state index < -0.39 is 13.9 Å². The minimum absolute atomic E-state index is 0.144. The summed E-state index contributed by atoms with van der Waals surface area (Å²) < 4.78 is 32.5. The van der Waals surface area contributed by atoms with Crippen LogP contribution in [0.25, 0.3) is 0 Å². The molecule has 8 heteroatoms. The van der Waals surface area contributed by atoms with Crippen molar-refractivity contribution in [2.24, 2.45) is 0 Å². The summed E-state index contributed by atoms with van der Waals surface area (Å²) in [4.78, 5) is 18.2. The second kappa shape index (κ2) is 17.7. The van der Waals surface area contributed by atoms with Gasteiger partial charge in [0, 0.05) is 0 Å². The molecule has 0 radical (unpaired) electrons. The zero-order chi connectivity index (χ0) is 21.9. The molecule has 0 bridgehead atoms. The van der Waals surface area contributed by atoms with Gasteiger partial charge in [-0.05, 0) is 18.6 Å². The van der Waals surface area contributed by atoms with Gasteiger partial charge in [0.05, 0.1) is 32.5 Å². The lowest BCUT2D eigenvalue weighted by atomic mass is 10.1. The van der Waals surface area contributed by atoms with Crippen LogP contribution in [-0.4, -0.2) is 48.9 Å². The van der Waals surface area contributed by atoms with E-state index in [1.807, 2.05) is 30.3 Å². The highest BCUT2D eigenvalue weighted by molar-refractivity contribution is 7.46. The first kappa shape index (κ1) is 27.1. The molecule has 0 spiro atoms. The lowest BCUT2D eigenvalue weighted by molar-refractivity contribution is -0.00355. The van der Waals surface area contributed by atoms with Gasteiger partial charge in [-0.25, -0.2) is 4.57 Å². The molecule has 0 amide bonds. The van der Waals surface area contributed by atoms with Crippen molar-refractivity contribution in [3.05, 3.63) is 30.3 Å². The average Bonchev–Trinajstić information content (AvgIpc) is 2.71. The van der Waals surface area contributed by atoms with E-state index in [2.05, 4.69) is 6.92 Å². The number of para-hydroxylation sites is 1. The van der Waals surface area contributed by atoms with Crippen LogP contribution >= 0.6 is 7.82 Å². The van der Waals surface area contributed by atoms with Crippen molar-refractivity contribution >= 4 is 7.82 Å². The van der Waals surface area contributed by atoms with Gasteiger partial charge >= 0.3 is 7.82 Å². The molecule has 0 aliphatic rings. The third kappa shape index (κ3) is 16.8. The fourth-order valence-electron chi connectivity index (χ4n) is 3.04. The summed E-state index contributed by atoms with van der Waals surface area (Å²) in [6.45, 7) is 3.97.